The van der Waals surface area contributed by atoms with E-state index in [1.807, 2.05) is 6.07 Å². The van der Waals surface area contributed by atoms with Gasteiger partial charge in [0.2, 0.25) is 0 Å². The number of aromatic nitrogens is 1. The predicted molar refractivity (Wildman–Crippen MR) is 92.0 cm³/mol. The second-order valence-electron chi connectivity index (χ2n) is 4.96. The van der Waals surface area contributed by atoms with E-state index >= 15 is 0 Å². The van der Waals surface area contributed by atoms with Gasteiger partial charge in [0.05, 0.1) is 22.6 Å². The molecule has 0 fully saturated rings. The van der Waals surface area contributed by atoms with Crippen LogP contribution in [0.2, 0.25) is 10.0 Å². The molecule has 116 valence electrons. The third-order valence-electron chi connectivity index (χ3n) is 3.20. The first kappa shape index (κ1) is 16.6. The van der Waals surface area contributed by atoms with Gasteiger partial charge in [-0.15, -0.1) is 0 Å². The monoisotopic (exact) mass is 337 g/mol. The van der Waals surface area contributed by atoms with Crippen molar-refractivity contribution in [2.24, 2.45) is 0 Å². The highest BCUT2D eigenvalue weighted by Gasteiger charge is 2.10. The summed E-state index contributed by atoms with van der Waals surface area (Å²) >= 11 is 11.9. The SMILES string of the molecule is CCC(C)Nc1ccc(C(=O)Nc2ccc(Cl)cc2Cl)nc1. The Morgan fingerprint density at radius 2 is 2.05 bits per heavy atom. The molecule has 2 aromatic rings. The summed E-state index contributed by atoms with van der Waals surface area (Å²) in [6.07, 6.45) is 2.65. The molecule has 0 radical (unpaired) electrons. The first-order valence-electron chi connectivity index (χ1n) is 6.98. The molecule has 0 saturated carbocycles. The van der Waals surface area contributed by atoms with E-state index < -0.39 is 0 Å². The molecule has 1 aromatic carbocycles. The number of rotatable bonds is 5. The number of nitrogens with zero attached hydrogens (tertiary/aromatic N) is 1. The maximum atomic E-state index is 12.2. The Morgan fingerprint density at radius 1 is 1.27 bits per heavy atom. The summed E-state index contributed by atoms with van der Waals surface area (Å²) in [5.41, 5.74) is 1.70. The van der Waals surface area contributed by atoms with Crippen molar-refractivity contribution >= 4 is 40.5 Å². The highest BCUT2D eigenvalue weighted by Crippen LogP contribution is 2.25. The van der Waals surface area contributed by atoms with E-state index in [1.165, 1.54) is 0 Å². The molecule has 0 saturated heterocycles. The Balaban J connectivity index is 2.06. The molecule has 1 heterocycles. The van der Waals surface area contributed by atoms with Gasteiger partial charge >= 0.3 is 0 Å². The number of halogens is 2. The van der Waals surface area contributed by atoms with E-state index in [1.54, 1.807) is 30.5 Å². The van der Waals surface area contributed by atoms with Crippen molar-refractivity contribution in [1.82, 2.24) is 4.98 Å². The molecule has 0 aliphatic carbocycles. The highest BCUT2D eigenvalue weighted by molar-refractivity contribution is 6.36. The first-order valence-corrected chi connectivity index (χ1v) is 7.74. The van der Waals surface area contributed by atoms with Crippen LogP contribution < -0.4 is 10.6 Å². The number of carbonyl (C=O) groups excluding carboxylic acids is 1. The lowest BCUT2D eigenvalue weighted by Crippen LogP contribution is -2.16. The summed E-state index contributed by atoms with van der Waals surface area (Å²) in [5.74, 6) is -0.320. The third kappa shape index (κ3) is 4.36. The van der Waals surface area contributed by atoms with Crippen molar-refractivity contribution in [1.29, 1.82) is 0 Å². The molecule has 22 heavy (non-hydrogen) atoms. The van der Waals surface area contributed by atoms with Gasteiger partial charge in [-0.2, -0.15) is 0 Å². The number of hydrogen-bond acceptors (Lipinski definition) is 3. The fourth-order valence-corrected chi connectivity index (χ4v) is 2.23. The molecule has 0 spiro atoms. The molecule has 0 bridgehead atoms. The maximum absolute atomic E-state index is 12.2. The first-order chi connectivity index (χ1) is 10.5. The zero-order valence-corrected chi connectivity index (χ0v) is 13.9. The van der Waals surface area contributed by atoms with Gasteiger partial charge in [0.15, 0.2) is 0 Å². The molecule has 0 aliphatic rings. The highest BCUT2D eigenvalue weighted by atomic mass is 35.5. The molecule has 2 rings (SSSR count). The second-order valence-corrected chi connectivity index (χ2v) is 5.81. The number of nitrogens with one attached hydrogen (secondary N) is 2. The van der Waals surface area contributed by atoms with Gasteiger partial charge in [0.25, 0.3) is 5.91 Å². The Morgan fingerprint density at radius 3 is 2.64 bits per heavy atom. The minimum atomic E-state index is -0.320. The number of hydrogen-bond donors (Lipinski definition) is 2. The van der Waals surface area contributed by atoms with Crippen molar-refractivity contribution in [3.05, 3.63) is 52.3 Å². The van der Waals surface area contributed by atoms with Crippen molar-refractivity contribution in [2.45, 2.75) is 26.3 Å². The van der Waals surface area contributed by atoms with Crippen LogP contribution in [0.25, 0.3) is 0 Å². The Bertz CT molecular complexity index is 659. The summed E-state index contributed by atoms with van der Waals surface area (Å²) in [6, 6.07) is 8.75. The van der Waals surface area contributed by atoms with Crippen LogP contribution in [0.4, 0.5) is 11.4 Å². The topological polar surface area (TPSA) is 54.0 Å². The van der Waals surface area contributed by atoms with Crippen molar-refractivity contribution in [3.8, 4) is 0 Å². The summed E-state index contributed by atoms with van der Waals surface area (Å²) in [6.45, 7) is 4.19. The van der Waals surface area contributed by atoms with Crippen LogP contribution in [0.1, 0.15) is 30.8 Å². The van der Waals surface area contributed by atoms with Gasteiger partial charge in [-0.05, 0) is 43.7 Å². The van der Waals surface area contributed by atoms with Crippen LogP contribution in [0.15, 0.2) is 36.5 Å². The van der Waals surface area contributed by atoms with Gasteiger partial charge in [-0.25, -0.2) is 4.98 Å². The van der Waals surface area contributed by atoms with Crippen LogP contribution in [0.5, 0.6) is 0 Å². The Labute approximate surface area is 139 Å². The normalized spacial score (nSPS) is 11.8. The lowest BCUT2D eigenvalue weighted by atomic mass is 10.2. The molecular weight excluding hydrogens is 321 g/mol. The molecule has 0 aliphatic heterocycles. The number of anilines is 2. The minimum Gasteiger partial charge on any atom is -0.381 e. The second kappa shape index (κ2) is 7.47. The average Bonchev–Trinajstić information content (AvgIpc) is 2.50. The van der Waals surface area contributed by atoms with Gasteiger partial charge in [0, 0.05) is 11.1 Å². The number of amides is 1. The molecule has 1 atom stereocenters. The Hall–Kier alpha value is -1.78. The molecule has 4 nitrogen and oxygen atoms in total. The third-order valence-corrected chi connectivity index (χ3v) is 3.75. The van der Waals surface area contributed by atoms with Gasteiger partial charge in [-0.1, -0.05) is 30.1 Å². The molecule has 1 aromatic heterocycles. The molecule has 2 N–H and O–H groups in total. The van der Waals surface area contributed by atoms with Crippen LogP contribution in [-0.2, 0) is 0 Å². The van der Waals surface area contributed by atoms with E-state index in [0.29, 0.717) is 27.5 Å². The summed E-state index contributed by atoms with van der Waals surface area (Å²) in [7, 11) is 0. The summed E-state index contributed by atoms with van der Waals surface area (Å²) < 4.78 is 0. The Kier molecular flexibility index (Phi) is 5.63. The van der Waals surface area contributed by atoms with E-state index in [-0.39, 0.29) is 5.91 Å². The summed E-state index contributed by atoms with van der Waals surface area (Å²) in [5, 5.41) is 6.91. The number of pyridine rings is 1. The van der Waals surface area contributed by atoms with Crippen LogP contribution >= 0.6 is 23.2 Å². The van der Waals surface area contributed by atoms with E-state index in [9.17, 15) is 4.79 Å². The summed E-state index contributed by atoms with van der Waals surface area (Å²) in [4.78, 5) is 16.3. The van der Waals surface area contributed by atoms with Gasteiger partial charge < -0.3 is 10.6 Å². The van der Waals surface area contributed by atoms with Crippen molar-refractivity contribution in [3.63, 3.8) is 0 Å². The zero-order chi connectivity index (χ0) is 16.1. The largest absolute Gasteiger partial charge is 0.381 e. The zero-order valence-electron chi connectivity index (χ0n) is 12.4. The number of benzene rings is 1. The quantitative estimate of drug-likeness (QED) is 0.819. The standard InChI is InChI=1S/C16H17Cl2N3O/c1-3-10(2)20-12-5-7-15(19-9-12)16(22)21-14-6-4-11(17)8-13(14)18/h4-10,20H,3H2,1-2H3,(H,21,22). The van der Waals surface area contributed by atoms with Crippen LogP contribution in [0, 0.1) is 0 Å². The van der Waals surface area contributed by atoms with E-state index in [0.717, 1.165) is 12.1 Å². The van der Waals surface area contributed by atoms with Crippen molar-refractivity contribution in [2.75, 3.05) is 10.6 Å². The van der Waals surface area contributed by atoms with Crippen molar-refractivity contribution < 1.29 is 4.79 Å². The fourth-order valence-electron chi connectivity index (χ4n) is 1.78. The maximum Gasteiger partial charge on any atom is 0.274 e. The van der Waals surface area contributed by atoms with E-state index in [4.69, 9.17) is 23.2 Å². The number of carbonyl (C=O) groups is 1. The smallest absolute Gasteiger partial charge is 0.274 e. The van der Waals surface area contributed by atoms with Crippen LogP contribution in [0.3, 0.4) is 0 Å². The lowest BCUT2D eigenvalue weighted by Gasteiger charge is -2.12. The van der Waals surface area contributed by atoms with Gasteiger partial charge in [-0.3, -0.25) is 4.79 Å². The fraction of sp³-hybridized carbons (Fsp3) is 0.250. The minimum absolute atomic E-state index is 0.320. The molecule has 1 unspecified atom stereocenters. The molecule has 1 amide bonds. The average molecular weight is 338 g/mol. The molecule has 6 heteroatoms. The van der Waals surface area contributed by atoms with Crippen LogP contribution in [-0.4, -0.2) is 16.9 Å². The van der Waals surface area contributed by atoms with Gasteiger partial charge in [0.1, 0.15) is 5.69 Å². The lowest BCUT2D eigenvalue weighted by molar-refractivity contribution is 0.102. The van der Waals surface area contributed by atoms with E-state index in [2.05, 4.69) is 29.5 Å². The predicted octanol–water partition coefficient (Wildman–Crippen LogP) is 4.85. The molecular formula is C16H17Cl2N3O.